The normalized spacial score (nSPS) is 27.6. The summed E-state index contributed by atoms with van der Waals surface area (Å²) in [6, 6.07) is 7.97. The van der Waals surface area contributed by atoms with Crippen LogP contribution in [-0.2, 0) is 0 Å². The SMILES string of the molecule is FC1CNCCC1c1ccc(Br)cc1. The molecule has 0 aromatic heterocycles. The molecule has 0 spiro atoms. The maximum atomic E-state index is 13.6. The Labute approximate surface area is 91.8 Å². The second-order valence-electron chi connectivity index (χ2n) is 3.67. The van der Waals surface area contributed by atoms with Crippen LogP contribution in [0.5, 0.6) is 0 Å². The maximum absolute atomic E-state index is 13.6. The Hall–Kier alpha value is -0.410. The molecular formula is C11H13BrFN. The fraction of sp³-hybridized carbons (Fsp3) is 0.455. The van der Waals surface area contributed by atoms with Crippen LogP contribution >= 0.6 is 15.9 Å². The van der Waals surface area contributed by atoms with Crippen LogP contribution in [0.25, 0.3) is 0 Å². The average Bonchev–Trinajstić information content (AvgIpc) is 2.20. The molecule has 76 valence electrons. The van der Waals surface area contributed by atoms with Gasteiger partial charge in [-0.2, -0.15) is 0 Å². The Morgan fingerprint density at radius 2 is 2.00 bits per heavy atom. The minimum atomic E-state index is -0.745. The first-order valence-electron chi connectivity index (χ1n) is 4.87. The van der Waals surface area contributed by atoms with Crippen molar-refractivity contribution >= 4 is 15.9 Å². The largest absolute Gasteiger partial charge is 0.314 e. The molecule has 1 aromatic carbocycles. The van der Waals surface area contributed by atoms with E-state index in [0.29, 0.717) is 6.54 Å². The van der Waals surface area contributed by atoms with Crippen LogP contribution in [-0.4, -0.2) is 19.3 Å². The molecule has 0 aliphatic carbocycles. The molecule has 1 saturated heterocycles. The van der Waals surface area contributed by atoms with Crippen LogP contribution in [0.3, 0.4) is 0 Å². The van der Waals surface area contributed by atoms with E-state index in [4.69, 9.17) is 0 Å². The first kappa shape index (κ1) is 10.1. The van der Waals surface area contributed by atoms with Crippen molar-refractivity contribution in [3.8, 4) is 0 Å². The van der Waals surface area contributed by atoms with Crippen molar-refractivity contribution in [1.29, 1.82) is 0 Å². The first-order valence-corrected chi connectivity index (χ1v) is 5.67. The van der Waals surface area contributed by atoms with Crippen LogP contribution in [0.1, 0.15) is 17.9 Å². The van der Waals surface area contributed by atoms with Crippen molar-refractivity contribution in [3.05, 3.63) is 34.3 Å². The number of hydrogen-bond donors (Lipinski definition) is 1. The van der Waals surface area contributed by atoms with Gasteiger partial charge in [0.25, 0.3) is 0 Å². The van der Waals surface area contributed by atoms with Crippen molar-refractivity contribution in [2.75, 3.05) is 13.1 Å². The third kappa shape index (κ3) is 2.15. The highest BCUT2D eigenvalue weighted by atomic mass is 79.9. The minimum Gasteiger partial charge on any atom is -0.314 e. The summed E-state index contributed by atoms with van der Waals surface area (Å²) in [4.78, 5) is 0. The number of alkyl halides is 1. The summed E-state index contributed by atoms with van der Waals surface area (Å²) in [7, 11) is 0. The molecule has 1 aliphatic heterocycles. The Kier molecular flexibility index (Phi) is 3.19. The standard InChI is InChI=1S/C11H13BrFN/c12-9-3-1-8(2-4-9)10-5-6-14-7-11(10)13/h1-4,10-11,14H,5-7H2. The van der Waals surface area contributed by atoms with E-state index in [1.807, 2.05) is 24.3 Å². The van der Waals surface area contributed by atoms with E-state index in [-0.39, 0.29) is 5.92 Å². The number of nitrogens with one attached hydrogen (secondary N) is 1. The number of hydrogen-bond acceptors (Lipinski definition) is 1. The van der Waals surface area contributed by atoms with Gasteiger partial charge in [0.05, 0.1) is 0 Å². The second-order valence-corrected chi connectivity index (χ2v) is 4.58. The summed E-state index contributed by atoms with van der Waals surface area (Å²) in [5.41, 5.74) is 1.11. The molecule has 2 rings (SSSR count). The van der Waals surface area contributed by atoms with Gasteiger partial charge in [-0.05, 0) is 30.7 Å². The lowest BCUT2D eigenvalue weighted by Gasteiger charge is -2.26. The van der Waals surface area contributed by atoms with Crippen molar-refractivity contribution in [2.45, 2.75) is 18.5 Å². The molecule has 3 heteroatoms. The fourth-order valence-electron chi connectivity index (χ4n) is 1.91. The first-order chi connectivity index (χ1) is 6.77. The molecule has 2 atom stereocenters. The lowest BCUT2D eigenvalue weighted by Crippen LogP contribution is -2.36. The molecule has 1 nitrogen and oxygen atoms in total. The third-order valence-corrected chi connectivity index (χ3v) is 3.23. The highest BCUT2D eigenvalue weighted by Gasteiger charge is 2.25. The summed E-state index contributed by atoms with van der Waals surface area (Å²) in [5, 5.41) is 3.06. The molecule has 1 N–H and O–H groups in total. The second kappa shape index (κ2) is 4.41. The third-order valence-electron chi connectivity index (χ3n) is 2.71. The molecule has 14 heavy (non-hydrogen) atoms. The number of rotatable bonds is 1. The Morgan fingerprint density at radius 1 is 1.29 bits per heavy atom. The molecule has 0 radical (unpaired) electrons. The predicted molar refractivity (Wildman–Crippen MR) is 59.3 cm³/mol. The monoisotopic (exact) mass is 257 g/mol. The topological polar surface area (TPSA) is 12.0 Å². The minimum absolute atomic E-state index is 0.0735. The number of benzene rings is 1. The zero-order valence-corrected chi connectivity index (χ0v) is 9.43. The summed E-state index contributed by atoms with van der Waals surface area (Å²) in [6.45, 7) is 1.40. The van der Waals surface area contributed by atoms with Crippen LogP contribution < -0.4 is 5.32 Å². The molecule has 0 saturated carbocycles. The van der Waals surface area contributed by atoms with E-state index >= 15 is 0 Å². The van der Waals surface area contributed by atoms with Crippen molar-refractivity contribution in [1.82, 2.24) is 5.32 Å². The van der Waals surface area contributed by atoms with Gasteiger partial charge in [-0.15, -0.1) is 0 Å². The quantitative estimate of drug-likeness (QED) is 0.816. The zero-order chi connectivity index (χ0) is 9.97. The molecule has 0 amide bonds. The molecule has 1 fully saturated rings. The van der Waals surface area contributed by atoms with Gasteiger partial charge in [0.2, 0.25) is 0 Å². The predicted octanol–water partition coefficient (Wildman–Crippen LogP) is 2.86. The highest BCUT2D eigenvalue weighted by molar-refractivity contribution is 9.10. The summed E-state index contributed by atoms with van der Waals surface area (Å²) < 4.78 is 14.6. The van der Waals surface area contributed by atoms with E-state index in [1.54, 1.807) is 0 Å². The van der Waals surface area contributed by atoms with Crippen LogP contribution in [0.4, 0.5) is 4.39 Å². The molecule has 1 aromatic rings. The van der Waals surface area contributed by atoms with E-state index < -0.39 is 6.17 Å². The van der Waals surface area contributed by atoms with Crippen LogP contribution in [0, 0.1) is 0 Å². The maximum Gasteiger partial charge on any atom is 0.119 e. The number of piperidine rings is 1. The van der Waals surface area contributed by atoms with E-state index in [9.17, 15) is 4.39 Å². The molecule has 1 heterocycles. The van der Waals surface area contributed by atoms with E-state index in [1.165, 1.54) is 0 Å². The van der Waals surface area contributed by atoms with Crippen molar-refractivity contribution < 1.29 is 4.39 Å². The van der Waals surface area contributed by atoms with Gasteiger partial charge >= 0.3 is 0 Å². The molecule has 2 unspecified atom stereocenters. The van der Waals surface area contributed by atoms with E-state index in [0.717, 1.165) is 23.0 Å². The summed E-state index contributed by atoms with van der Waals surface area (Å²) >= 11 is 3.38. The van der Waals surface area contributed by atoms with Gasteiger partial charge in [0.15, 0.2) is 0 Å². The molecule has 0 bridgehead atoms. The molecule has 1 aliphatic rings. The Morgan fingerprint density at radius 3 is 2.64 bits per heavy atom. The highest BCUT2D eigenvalue weighted by Crippen LogP contribution is 2.28. The number of halogens is 2. The Balaban J connectivity index is 2.16. The van der Waals surface area contributed by atoms with Crippen molar-refractivity contribution in [2.24, 2.45) is 0 Å². The van der Waals surface area contributed by atoms with E-state index in [2.05, 4.69) is 21.2 Å². The van der Waals surface area contributed by atoms with Gasteiger partial charge in [-0.3, -0.25) is 0 Å². The van der Waals surface area contributed by atoms with Gasteiger partial charge in [-0.1, -0.05) is 28.1 Å². The average molecular weight is 258 g/mol. The van der Waals surface area contributed by atoms with Crippen molar-refractivity contribution in [3.63, 3.8) is 0 Å². The van der Waals surface area contributed by atoms with Gasteiger partial charge in [0.1, 0.15) is 6.17 Å². The molecular weight excluding hydrogens is 245 g/mol. The lowest BCUT2D eigenvalue weighted by atomic mass is 9.89. The van der Waals surface area contributed by atoms with Gasteiger partial charge < -0.3 is 5.32 Å². The fourth-order valence-corrected chi connectivity index (χ4v) is 2.17. The zero-order valence-electron chi connectivity index (χ0n) is 7.84. The Bertz CT molecular complexity index is 299. The lowest BCUT2D eigenvalue weighted by molar-refractivity contribution is 0.231. The summed E-state index contributed by atoms with van der Waals surface area (Å²) in [6.07, 6.45) is 0.146. The van der Waals surface area contributed by atoms with Gasteiger partial charge in [0, 0.05) is 16.9 Å². The smallest absolute Gasteiger partial charge is 0.119 e. The van der Waals surface area contributed by atoms with Crippen LogP contribution in [0.2, 0.25) is 0 Å². The van der Waals surface area contributed by atoms with Gasteiger partial charge in [-0.25, -0.2) is 4.39 Å². The van der Waals surface area contributed by atoms with Crippen LogP contribution in [0.15, 0.2) is 28.7 Å². The summed E-state index contributed by atoms with van der Waals surface area (Å²) in [5.74, 6) is 0.0735.